The van der Waals surface area contributed by atoms with Crippen molar-refractivity contribution in [3.05, 3.63) is 30.1 Å². The van der Waals surface area contributed by atoms with Crippen LogP contribution in [0.4, 0.5) is 0 Å². The van der Waals surface area contributed by atoms with Crippen LogP contribution in [0, 0.1) is 11.3 Å². The van der Waals surface area contributed by atoms with E-state index in [2.05, 4.69) is 43.8 Å². The first-order chi connectivity index (χ1) is 8.90. The Morgan fingerprint density at radius 2 is 2.05 bits per heavy atom. The molecule has 1 unspecified atom stereocenters. The molecule has 1 rings (SSSR count). The molecule has 0 fully saturated rings. The highest BCUT2D eigenvalue weighted by Gasteiger charge is 2.18. The molecule has 0 aliphatic heterocycles. The molecule has 0 aliphatic rings. The average Bonchev–Trinajstić information content (AvgIpc) is 2.35. The standard InChI is InChI=1S/C16H29N3/c1-16(2,3)11-14(12-17)13-19(4)10-8-15-7-5-6-9-18-15/h5-7,9,14H,8,10-13,17H2,1-4H3. The van der Waals surface area contributed by atoms with Gasteiger partial charge in [0.15, 0.2) is 0 Å². The third-order valence-corrected chi connectivity index (χ3v) is 3.28. The van der Waals surface area contributed by atoms with Gasteiger partial charge in [0.1, 0.15) is 0 Å². The zero-order valence-electron chi connectivity index (χ0n) is 12.9. The van der Waals surface area contributed by atoms with Crippen LogP contribution < -0.4 is 5.73 Å². The van der Waals surface area contributed by atoms with Gasteiger partial charge in [-0.15, -0.1) is 0 Å². The van der Waals surface area contributed by atoms with Crippen molar-refractivity contribution in [2.75, 3.05) is 26.7 Å². The maximum absolute atomic E-state index is 5.90. The van der Waals surface area contributed by atoms with Crippen LogP contribution in [-0.4, -0.2) is 36.6 Å². The molecule has 1 heterocycles. The Hall–Kier alpha value is -0.930. The Morgan fingerprint density at radius 3 is 2.58 bits per heavy atom. The molecule has 0 saturated heterocycles. The summed E-state index contributed by atoms with van der Waals surface area (Å²) in [5.74, 6) is 0.578. The lowest BCUT2D eigenvalue weighted by Gasteiger charge is -2.28. The Balaban J connectivity index is 2.35. The summed E-state index contributed by atoms with van der Waals surface area (Å²) in [5, 5.41) is 0. The number of hydrogen-bond donors (Lipinski definition) is 1. The van der Waals surface area contributed by atoms with Gasteiger partial charge in [0, 0.05) is 31.4 Å². The zero-order valence-corrected chi connectivity index (χ0v) is 12.9. The lowest BCUT2D eigenvalue weighted by atomic mass is 9.84. The summed E-state index contributed by atoms with van der Waals surface area (Å²) in [4.78, 5) is 6.73. The van der Waals surface area contributed by atoms with Gasteiger partial charge < -0.3 is 10.6 Å². The van der Waals surface area contributed by atoms with Gasteiger partial charge in [0.2, 0.25) is 0 Å². The number of aromatic nitrogens is 1. The minimum absolute atomic E-state index is 0.353. The molecule has 0 amide bonds. The van der Waals surface area contributed by atoms with E-state index in [0.717, 1.165) is 31.7 Å². The molecule has 3 heteroatoms. The topological polar surface area (TPSA) is 42.2 Å². The SMILES string of the molecule is CN(CCc1ccccn1)CC(CN)CC(C)(C)C. The number of likely N-dealkylation sites (N-methyl/N-ethyl adjacent to an activating group) is 1. The van der Waals surface area contributed by atoms with Gasteiger partial charge in [-0.25, -0.2) is 0 Å². The van der Waals surface area contributed by atoms with Crippen LogP contribution in [0.2, 0.25) is 0 Å². The van der Waals surface area contributed by atoms with Gasteiger partial charge in [-0.2, -0.15) is 0 Å². The highest BCUT2D eigenvalue weighted by atomic mass is 15.1. The van der Waals surface area contributed by atoms with E-state index >= 15 is 0 Å². The third-order valence-electron chi connectivity index (χ3n) is 3.28. The van der Waals surface area contributed by atoms with E-state index in [0.29, 0.717) is 11.3 Å². The zero-order chi connectivity index (χ0) is 14.3. The first kappa shape index (κ1) is 16.1. The van der Waals surface area contributed by atoms with Crippen molar-refractivity contribution in [2.24, 2.45) is 17.1 Å². The van der Waals surface area contributed by atoms with Crippen LogP contribution >= 0.6 is 0 Å². The van der Waals surface area contributed by atoms with Gasteiger partial charge in [-0.3, -0.25) is 4.98 Å². The Morgan fingerprint density at radius 1 is 1.32 bits per heavy atom. The van der Waals surface area contributed by atoms with E-state index in [1.54, 1.807) is 0 Å². The predicted molar refractivity (Wildman–Crippen MR) is 82.1 cm³/mol. The van der Waals surface area contributed by atoms with Crippen molar-refractivity contribution >= 4 is 0 Å². The first-order valence-electron chi connectivity index (χ1n) is 7.19. The molecule has 1 atom stereocenters. The summed E-state index contributed by atoms with van der Waals surface area (Å²) in [7, 11) is 2.17. The molecule has 2 N–H and O–H groups in total. The lowest BCUT2D eigenvalue weighted by Crippen LogP contribution is -2.33. The minimum atomic E-state index is 0.353. The molecule has 0 aliphatic carbocycles. The Kier molecular flexibility index (Phi) is 6.46. The molecular weight excluding hydrogens is 234 g/mol. The quantitative estimate of drug-likeness (QED) is 0.822. The van der Waals surface area contributed by atoms with E-state index < -0.39 is 0 Å². The highest BCUT2D eigenvalue weighted by Crippen LogP contribution is 2.24. The van der Waals surface area contributed by atoms with Crippen LogP contribution in [0.25, 0.3) is 0 Å². The van der Waals surface area contributed by atoms with Gasteiger partial charge >= 0.3 is 0 Å². The summed E-state index contributed by atoms with van der Waals surface area (Å²) in [6.45, 7) is 9.72. The van der Waals surface area contributed by atoms with E-state index in [1.807, 2.05) is 18.3 Å². The fourth-order valence-corrected chi connectivity index (χ4v) is 2.47. The molecule has 1 aromatic heterocycles. The van der Waals surface area contributed by atoms with Crippen molar-refractivity contribution in [2.45, 2.75) is 33.6 Å². The third kappa shape index (κ3) is 7.28. The smallest absolute Gasteiger partial charge is 0.0416 e. The summed E-state index contributed by atoms with van der Waals surface area (Å²) < 4.78 is 0. The summed E-state index contributed by atoms with van der Waals surface area (Å²) in [6.07, 6.45) is 4.04. The average molecular weight is 263 g/mol. The molecule has 0 bridgehead atoms. The molecule has 108 valence electrons. The number of rotatable bonds is 7. The van der Waals surface area contributed by atoms with Crippen LogP contribution in [0.15, 0.2) is 24.4 Å². The number of pyridine rings is 1. The molecule has 1 aromatic rings. The van der Waals surface area contributed by atoms with Crippen LogP contribution in [-0.2, 0) is 6.42 Å². The Bertz CT molecular complexity index is 343. The van der Waals surface area contributed by atoms with Crippen LogP contribution in [0.3, 0.4) is 0 Å². The highest BCUT2D eigenvalue weighted by molar-refractivity contribution is 5.03. The first-order valence-corrected chi connectivity index (χ1v) is 7.19. The number of hydrogen-bond acceptors (Lipinski definition) is 3. The Labute approximate surface area is 118 Å². The monoisotopic (exact) mass is 263 g/mol. The summed E-state index contributed by atoms with van der Waals surface area (Å²) in [6, 6.07) is 6.09. The minimum Gasteiger partial charge on any atom is -0.330 e. The van der Waals surface area contributed by atoms with Crippen molar-refractivity contribution in [3.63, 3.8) is 0 Å². The van der Waals surface area contributed by atoms with Crippen molar-refractivity contribution in [3.8, 4) is 0 Å². The molecule has 0 radical (unpaired) electrons. The van der Waals surface area contributed by atoms with Gasteiger partial charge in [0.05, 0.1) is 0 Å². The van der Waals surface area contributed by atoms with Gasteiger partial charge in [0.25, 0.3) is 0 Å². The molecule has 0 saturated carbocycles. The number of nitrogens with two attached hydrogens (primary N) is 1. The normalized spacial score (nSPS) is 13.8. The van der Waals surface area contributed by atoms with E-state index in [4.69, 9.17) is 5.73 Å². The molecular formula is C16H29N3. The van der Waals surface area contributed by atoms with E-state index in [-0.39, 0.29) is 0 Å². The fourth-order valence-electron chi connectivity index (χ4n) is 2.47. The van der Waals surface area contributed by atoms with Gasteiger partial charge in [-0.1, -0.05) is 26.8 Å². The van der Waals surface area contributed by atoms with Crippen molar-refractivity contribution in [1.82, 2.24) is 9.88 Å². The van der Waals surface area contributed by atoms with E-state index in [9.17, 15) is 0 Å². The molecule has 0 aromatic carbocycles. The number of nitrogens with zero attached hydrogens (tertiary/aromatic N) is 2. The maximum atomic E-state index is 5.90. The van der Waals surface area contributed by atoms with Crippen molar-refractivity contribution < 1.29 is 0 Å². The molecule has 19 heavy (non-hydrogen) atoms. The summed E-state index contributed by atoms with van der Waals surface area (Å²) >= 11 is 0. The predicted octanol–water partition coefficient (Wildman–Crippen LogP) is 2.57. The molecule has 0 spiro atoms. The fraction of sp³-hybridized carbons (Fsp3) is 0.688. The summed E-state index contributed by atoms with van der Waals surface area (Å²) in [5.41, 5.74) is 7.41. The molecule has 3 nitrogen and oxygen atoms in total. The second-order valence-corrected chi connectivity index (χ2v) is 6.70. The second kappa shape index (κ2) is 7.61. The maximum Gasteiger partial charge on any atom is 0.0416 e. The van der Waals surface area contributed by atoms with Crippen LogP contribution in [0.1, 0.15) is 32.9 Å². The van der Waals surface area contributed by atoms with Crippen molar-refractivity contribution in [1.29, 1.82) is 0 Å². The lowest BCUT2D eigenvalue weighted by molar-refractivity contribution is 0.222. The largest absolute Gasteiger partial charge is 0.330 e. The van der Waals surface area contributed by atoms with E-state index in [1.165, 1.54) is 6.42 Å². The van der Waals surface area contributed by atoms with Gasteiger partial charge in [-0.05, 0) is 43.5 Å². The second-order valence-electron chi connectivity index (χ2n) is 6.70. The van der Waals surface area contributed by atoms with Crippen LogP contribution in [0.5, 0.6) is 0 Å².